The summed E-state index contributed by atoms with van der Waals surface area (Å²) in [6.07, 6.45) is 10.0. The Kier molecular flexibility index (Phi) is 8.73. The van der Waals surface area contributed by atoms with Crippen LogP contribution in [0.15, 0.2) is 12.1 Å². The molecule has 1 aliphatic heterocycles. The fourth-order valence-electron chi connectivity index (χ4n) is 4.48. The second-order valence-electron chi connectivity index (χ2n) is 8.62. The second kappa shape index (κ2) is 11.3. The molecule has 0 N–H and O–H groups in total. The number of rotatable bonds is 9. The van der Waals surface area contributed by atoms with Gasteiger partial charge in [0.2, 0.25) is 5.82 Å². The molecule has 2 fully saturated rings. The highest BCUT2D eigenvalue weighted by Gasteiger charge is 2.31. The molecular formula is C24H36F2O3. The maximum Gasteiger partial charge on any atom is 0.200 e. The van der Waals surface area contributed by atoms with Gasteiger partial charge in [0.1, 0.15) is 0 Å². The van der Waals surface area contributed by atoms with E-state index in [0.29, 0.717) is 18.6 Å². The third-order valence-electron chi connectivity index (χ3n) is 6.58. The molecule has 1 saturated carbocycles. The fourth-order valence-corrected chi connectivity index (χ4v) is 4.48. The van der Waals surface area contributed by atoms with Crippen LogP contribution in [0.2, 0.25) is 0 Å². The lowest BCUT2D eigenvalue weighted by atomic mass is 9.80. The molecule has 1 aromatic carbocycles. The zero-order valence-electron chi connectivity index (χ0n) is 17.9. The average molecular weight is 411 g/mol. The van der Waals surface area contributed by atoms with Crippen molar-refractivity contribution >= 4 is 0 Å². The van der Waals surface area contributed by atoms with Gasteiger partial charge in [-0.1, -0.05) is 26.7 Å². The highest BCUT2D eigenvalue weighted by atomic mass is 19.2. The lowest BCUT2D eigenvalue weighted by Gasteiger charge is -2.37. The van der Waals surface area contributed by atoms with Crippen molar-refractivity contribution in [2.45, 2.75) is 90.4 Å². The van der Waals surface area contributed by atoms with Gasteiger partial charge in [-0.2, -0.15) is 4.39 Å². The minimum absolute atomic E-state index is 0.0157. The lowest BCUT2D eigenvalue weighted by Crippen LogP contribution is -2.35. The summed E-state index contributed by atoms with van der Waals surface area (Å²) in [5.74, 6) is -0.441. The van der Waals surface area contributed by atoms with E-state index in [1.165, 1.54) is 25.3 Å². The molecule has 1 heterocycles. The molecule has 0 radical (unpaired) electrons. The van der Waals surface area contributed by atoms with Gasteiger partial charge in [-0.3, -0.25) is 0 Å². The van der Waals surface area contributed by atoms with Crippen LogP contribution in [0.1, 0.15) is 77.2 Å². The minimum atomic E-state index is -0.911. The molecule has 2 aliphatic rings. The molecule has 29 heavy (non-hydrogen) atoms. The maximum absolute atomic E-state index is 14.3. The Morgan fingerprint density at radius 1 is 1.00 bits per heavy atom. The molecule has 3 rings (SSSR count). The lowest BCUT2D eigenvalue weighted by molar-refractivity contribution is -0.0719. The van der Waals surface area contributed by atoms with E-state index in [4.69, 9.17) is 14.2 Å². The van der Waals surface area contributed by atoms with Gasteiger partial charge in [-0.05, 0) is 68.9 Å². The van der Waals surface area contributed by atoms with Crippen molar-refractivity contribution in [3.63, 3.8) is 0 Å². The van der Waals surface area contributed by atoms with E-state index >= 15 is 0 Å². The first-order valence-electron chi connectivity index (χ1n) is 11.4. The van der Waals surface area contributed by atoms with Crippen molar-refractivity contribution in [2.75, 3.05) is 13.2 Å². The molecule has 1 saturated heterocycles. The Bertz CT molecular complexity index is 621. The zero-order valence-corrected chi connectivity index (χ0v) is 17.9. The Hall–Kier alpha value is -1.20. The smallest absolute Gasteiger partial charge is 0.200 e. The number of ether oxygens (including phenoxy) is 3. The fraction of sp³-hybridized carbons (Fsp3) is 0.750. The summed E-state index contributed by atoms with van der Waals surface area (Å²) >= 11 is 0. The molecular weight excluding hydrogens is 374 g/mol. The highest BCUT2D eigenvalue weighted by molar-refractivity contribution is 5.30. The third kappa shape index (κ3) is 6.14. The van der Waals surface area contributed by atoms with Crippen molar-refractivity contribution < 1.29 is 23.0 Å². The van der Waals surface area contributed by atoms with E-state index in [9.17, 15) is 8.78 Å². The number of hydrogen-bond acceptors (Lipinski definition) is 3. The van der Waals surface area contributed by atoms with Crippen LogP contribution in [0.5, 0.6) is 5.75 Å². The van der Waals surface area contributed by atoms with E-state index < -0.39 is 11.6 Å². The summed E-state index contributed by atoms with van der Waals surface area (Å²) in [6.45, 7) is 5.67. The summed E-state index contributed by atoms with van der Waals surface area (Å²) in [7, 11) is 0. The Morgan fingerprint density at radius 3 is 2.45 bits per heavy atom. The Labute approximate surface area is 174 Å². The molecule has 1 aromatic rings. The molecule has 1 aliphatic carbocycles. The van der Waals surface area contributed by atoms with E-state index in [-0.39, 0.29) is 24.0 Å². The van der Waals surface area contributed by atoms with Crippen LogP contribution in [0, 0.1) is 23.5 Å². The minimum Gasteiger partial charge on any atom is -0.490 e. The molecule has 0 bridgehead atoms. The molecule has 5 heteroatoms. The Morgan fingerprint density at radius 2 is 1.79 bits per heavy atom. The quantitative estimate of drug-likeness (QED) is 0.439. The highest BCUT2D eigenvalue weighted by Crippen LogP contribution is 2.35. The predicted octanol–water partition coefficient (Wildman–Crippen LogP) is 6.42. The number of hydrogen-bond donors (Lipinski definition) is 0. The normalized spacial score (nSPS) is 27.7. The first-order valence-corrected chi connectivity index (χ1v) is 11.4. The molecule has 0 aromatic heterocycles. The monoisotopic (exact) mass is 410 g/mol. The van der Waals surface area contributed by atoms with Crippen LogP contribution in [-0.2, 0) is 16.1 Å². The van der Waals surface area contributed by atoms with Crippen LogP contribution in [0.3, 0.4) is 0 Å². The number of benzene rings is 1. The topological polar surface area (TPSA) is 27.7 Å². The number of unbranched alkanes of at least 4 members (excludes halogenated alkanes) is 1. The molecule has 2 unspecified atom stereocenters. The molecule has 3 nitrogen and oxygen atoms in total. The van der Waals surface area contributed by atoms with Gasteiger partial charge in [-0.25, -0.2) is 4.39 Å². The van der Waals surface area contributed by atoms with Gasteiger partial charge in [-0.15, -0.1) is 0 Å². The van der Waals surface area contributed by atoms with Gasteiger partial charge >= 0.3 is 0 Å². The summed E-state index contributed by atoms with van der Waals surface area (Å²) in [5, 5.41) is 0. The van der Waals surface area contributed by atoms with Gasteiger partial charge in [0.25, 0.3) is 0 Å². The van der Waals surface area contributed by atoms with Crippen LogP contribution in [-0.4, -0.2) is 25.4 Å². The SMILES string of the molecule is CCCCOc1ccc(COC2CCC(C3CCC(CC)CO3)CC2)c(F)c1F. The van der Waals surface area contributed by atoms with Crippen molar-refractivity contribution in [2.24, 2.45) is 11.8 Å². The summed E-state index contributed by atoms with van der Waals surface area (Å²) in [4.78, 5) is 0. The molecule has 2 atom stereocenters. The van der Waals surface area contributed by atoms with Crippen LogP contribution >= 0.6 is 0 Å². The van der Waals surface area contributed by atoms with Crippen LogP contribution in [0.25, 0.3) is 0 Å². The van der Waals surface area contributed by atoms with Gasteiger partial charge in [0, 0.05) is 12.2 Å². The van der Waals surface area contributed by atoms with Gasteiger partial charge in [0.05, 0.1) is 25.4 Å². The van der Waals surface area contributed by atoms with E-state index in [0.717, 1.165) is 51.0 Å². The van der Waals surface area contributed by atoms with Crippen molar-refractivity contribution in [1.82, 2.24) is 0 Å². The van der Waals surface area contributed by atoms with Crippen LogP contribution in [0.4, 0.5) is 8.78 Å². The standard InChI is InChI=1S/C24H36F2O3/c1-3-5-14-27-22-13-9-19(23(25)24(22)26)16-28-20-10-7-18(8-11-20)21-12-6-17(4-2)15-29-21/h9,13,17-18,20-21H,3-8,10-12,14-16H2,1-2H3. The summed E-state index contributed by atoms with van der Waals surface area (Å²) in [6, 6.07) is 3.08. The maximum atomic E-state index is 14.3. The van der Waals surface area contributed by atoms with Crippen molar-refractivity contribution in [3.8, 4) is 5.75 Å². The van der Waals surface area contributed by atoms with E-state index in [1.54, 1.807) is 6.07 Å². The molecule has 0 amide bonds. The summed E-state index contributed by atoms with van der Waals surface area (Å²) < 4.78 is 45.9. The van der Waals surface area contributed by atoms with E-state index in [2.05, 4.69) is 6.92 Å². The molecule has 164 valence electrons. The number of halogens is 2. The molecule has 0 spiro atoms. The van der Waals surface area contributed by atoms with Crippen molar-refractivity contribution in [3.05, 3.63) is 29.3 Å². The second-order valence-corrected chi connectivity index (χ2v) is 8.62. The first kappa shape index (κ1) is 22.5. The largest absolute Gasteiger partial charge is 0.490 e. The average Bonchev–Trinajstić information content (AvgIpc) is 2.77. The van der Waals surface area contributed by atoms with Crippen molar-refractivity contribution in [1.29, 1.82) is 0 Å². The predicted molar refractivity (Wildman–Crippen MR) is 110 cm³/mol. The zero-order chi connectivity index (χ0) is 20.6. The van der Waals surface area contributed by atoms with Gasteiger partial charge < -0.3 is 14.2 Å². The summed E-state index contributed by atoms with van der Waals surface area (Å²) in [5.41, 5.74) is 0.258. The van der Waals surface area contributed by atoms with Gasteiger partial charge in [0.15, 0.2) is 11.6 Å². The Balaban J connectivity index is 1.43. The third-order valence-corrected chi connectivity index (χ3v) is 6.58. The van der Waals surface area contributed by atoms with E-state index in [1.807, 2.05) is 6.92 Å². The van der Waals surface area contributed by atoms with Crippen LogP contribution < -0.4 is 4.74 Å². The first-order chi connectivity index (χ1) is 14.1.